The molecule has 20 heavy (non-hydrogen) atoms. The van der Waals surface area contributed by atoms with Crippen LogP contribution in [0.2, 0.25) is 0 Å². The minimum absolute atomic E-state index is 0.137. The van der Waals surface area contributed by atoms with Gasteiger partial charge in [-0.05, 0) is 24.6 Å². The van der Waals surface area contributed by atoms with Crippen molar-refractivity contribution in [3.8, 4) is 11.8 Å². The van der Waals surface area contributed by atoms with Crippen LogP contribution in [0.15, 0.2) is 18.2 Å². The minimum Gasteiger partial charge on any atom is -0.490 e. The van der Waals surface area contributed by atoms with E-state index in [-0.39, 0.29) is 11.7 Å². The quantitative estimate of drug-likeness (QED) is 0.831. The Labute approximate surface area is 119 Å². The summed E-state index contributed by atoms with van der Waals surface area (Å²) in [4.78, 5) is 0. The molecule has 4 nitrogen and oxygen atoms in total. The molecule has 1 spiro atoms. The van der Waals surface area contributed by atoms with Crippen LogP contribution in [0.1, 0.15) is 30.4 Å². The maximum atomic E-state index is 8.98. The Balaban J connectivity index is 1.73. The summed E-state index contributed by atoms with van der Waals surface area (Å²) in [6.07, 6.45) is 2.84. The van der Waals surface area contributed by atoms with Crippen LogP contribution < -0.4 is 4.74 Å². The summed E-state index contributed by atoms with van der Waals surface area (Å²) in [5, 5.41) is 8.98. The molecule has 2 aliphatic heterocycles. The highest BCUT2D eigenvalue weighted by Crippen LogP contribution is 2.35. The zero-order chi connectivity index (χ0) is 14.0. The van der Waals surface area contributed by atoms with Crippen molar-refractivity contribution in [3.63, 3.8) is 0 Å². The Morgan fingerprint density at radius 1 is 1.40 bits per heavy atom. The lowest BCUT2D eigenvalue weighted by atomic mass is 9.91. The molecule has 1 aromatic carbocycles. The van der Waals surface area contributed by atoms with Crippen molar-refractivity contribution in [1.82, 2.24) is 0 Å². The molecule has 3 rings (SSSR count). The van der Waals surface area contributed by atoms with Crippen LogP contribution in [0, 0.1) is 18.3 Å². The van der Waals surface area contributed by atoms with Gasteiger partial charge in [0.05, 0.1) is 30.4 Å². The lowest BCUT2D eigenvalue weighted by molar-refractivity contribution is -0.112. The highest BCUT2D eigenvalue weighted by atomic mass is 16.6. The van der Waals surface area contributed by atoms with Gasteiger partial charge in [0.15, 0.2) is 0 Å². The molecule has 2 saturated heterocycles. The molecule has 2 heterocycles. The van der Waals surface area contributed by atoms with Gasteiger partial charge in [-0.2, -0.15) is 5.26 Å². The molecule has 0 amide bonds. The first kappa shape index (κ1) is 13.4. The smallest absolute Gasteiger partial charge is 0.123 e. The first-order chi connectivity index (χ1) is 9.71. The molecule has 1 aromatic rings. The lowest BCUT2D eigenvalue weighted by Gasteiger charge is -2.37. The first-order valence-corrected chi connectivity index (χ1v) is 7.10. The van der Waals surface area contributed by atoms with E-state index in [1.807, 2.05) is 25.1 Å². The van der Waals surface area contributed by atoms with E-state index < -0.39 is 0 Å². The minimum atomic E-state index is -0.149. The van der Waals surface area contributed by atoms with Crippen LogP contribution in [-0.4, -0.2) is 31.5 Å². The van der Waals surface area contributed by atoms with Crippen LogP contribution in [0.4, 0.5) is 0 Å². The van der Waals surface area contributed by atoms with Crippen molar-refractivity contribution in [2.45, 2.75) is 37.9 Å². The van der Waals surface area contributed by atoms with Gasteiger partial charge >= 0.3 is 0 Å². The van der Waals surface area contributed by atoms with Crippen molar-refractivity contribution in [2.75, 3.05) is 19.8 Å². The Hall–Kier alpha value is -1.57. The van der Waals surface area contributed by atoms with Gasteiger partial charge in [0.2, 0.25) is 0 Å². The van der Waals surface area contributed by atoms with E-state index in [1.165, 1.54) is 0 Å². The molecule has 106 valence electrons. The summed E-state index contributed by atoms with van der Waals surface area (Å²) >= 11 is 0. The van der Waals surface area contributed by atoms with E-state index in [0.717, 1.165) is 37.2 Å². The highest BCUT2D eigenvalue weighted by molar-refractivity contribution is 5.41. The number of nitriles is 1. The standard InChI is InChI=1S/C16H19NO3/c1-12-2-3-13(10-17)8-15(12)20-14-4-6-19-16(9-14)5-7-18-11-16/h2-3,8,14H,4-7,9,11H2,1H3. The summed E-state index contributed by atoms with van der Waals surface area (Å²) in [5.74, 6) is 0.810. The third kappa shape index (κ3) is 2.65. The molecule has 0 N–H and O–H groups in total. The van der Waals surface area contributed by atoms with Gasteiger partial charge in [-0.15, -0.1) is 0 Å². The zero-order valence-electron chi connectivity index (χ0n) is 11.7. The number of nitrogens with zero attached hydrogens (tertiary/aromatic N) is 1. The van der Waals surface area contributed by atoms with Gasteiger partial charge in [-0.3, -0.25) is 0 Å². The average molecular weight is 273 g/mol. The molecule has 2 fully saturated rings. The van der Waals surface area contributed by atoms with Crippen LogP contribution >= 0.6 is 0 Å². The van der Waals surface area contributed by atoms with E-state index in [0.29, 0.717) is 18.8 Å². The predicted octanol–water partition coefficient (Wildman–Crippen LogP) is 2.58. The summed E-state index contributed by atoms with van der Waals surface area (Å²) in [6, 6.07) is 7.73. The summed E-state index contributed by atoms with van der Waals surface area (Å²) in [5.41, 5.74) is 1.55. The Morgan fingerprint density at radius 3 is 3.05 bits per heavy atom. The number of hydrogen-bond acceptors (Lipinski definition) is 4. The molecule has 4 heteroatoms. The fourth-order valence-electron chi connectivity index (χ4n) is 2.92. The fourth-order valence-corrected chi connectivity index (χ4v) is 2.92. The third-order valence-electron chi connectivity index (χ3n) is 4.13. The topological polar surface area (TPSA) is 51.5 Å². The average Bonchev–Trinajstić information content (AvgIpc) is 2.89. The van der Waals surface area contributed by atoms with Gasteiger partial charge in [0, 0.05) is 25.9 Å². The zero-order valence-corrected chi connectivity index (χ0v) is 11.7. The lowest BCUT2D eigenvalue weighted by Crippen LogP contribution is -2.44. The molecule has 2 unspecified atom stereocenters. The van der Waals surface area contributed by atoms with Crippen LogP contribution in [0.25, 0.3) is 0 Å². The van der Waals surface area contributed by atoms with Crippen LogP contribution in [-0.2, 0) is 9.47 Å². The van der Waals surface area contributed by atoms with Crippen molar-refractivity contribution in [1.29, 1.82) is 5.26 Å². The second-order valence-corrected chi connectivity index (χ2v) is 5.66. The maximum absolute atomic E-state index is 8.98. The van der Waals surface area contributed by atoms with E-state index >= 15 is 0 Å². The van der Waals surface area contributed by atoms with E-state index in [4.69, 9.17) is 19.5 Å². The normalized spacial score (nSPS) is 29.3. The maximum Gasteiger partial charge on any atom is 0.123 e. The summed E-state index contributed by atoms with van der Waals surface area (Å²) in [6.45, 7) is 4.16. The molecule has 0 radical (unpaired) electrons. The molecule has 2 atom stereocenters. The van der Waals surface area contributed by atoms with Crippen molar-refractivity contribution < 1.29 is 14.2 Å². The Bertz CT molecular complexity index is 529. The molecule has 0 saturated carbocycles. The molecule has 0 aliphatic carbocycles. The second-order valence-electron chi connectivity index (χ2n) is 5.66. The molecule has 0 aromatic heterocycles. The van der Waals surface area contributed by atoms with Crippen molar-refractivity contribution in [2.24, 2.45) is 0 Å². The monoisotopic (exact) mass is 273 g/mol. The number of hydrogen-bond donors (Lipinski definition) is 0. The summed E-state index contributed by atoms with van der Waals surface area (Å²) in [7, 11) is 0. The SMILES string of the molecule is Cc1ccc(C#N)cc1OC1CCOC2(CCOC2)C1. The largest absolute Gasteiger partial charge is 0.490 e. The van der Waals surface area contributed by atoms with E-state index in [9.17, 15) is 0 Å². The number of benzene rings is 1. The summed E-state index contributed by atoms with van der Waals surface area (Å²) < 4.78 is 17.5. The van der Waals surface area contributed by atoms with Gasteiger partial charge in [0.1, 0.15) is 11.9 Å². The number of rotatable bonds is 2. The molecule has 2 aliphatic rings. The van der Waals surface area contributed by atoms with Crippen molar-refractivity contribution in [3.05, 3.63) is 29.3 Å². The van der Waals surface area contributed by atoms with Gasteiger partial charge < -0.3 is 14.2 Å². The van der Waals surface area contributed by atoms with Gasteiger partial charge in [0.25, 0.3) is 0 Å². The molecule has 0 bridgehead atoms. The van der Waals surface area contributed by atoms with Gasteiger partial charge in [-0.25, -0.2) is 0 Å². The Kier molecular flexibility index (Phi) is 3.64. The van der Waals surface area contributed by atoms with Crippen LogP contribution in [0.3, 0.4) is 0 Å². The fraction of sp³-hybridized carbons (Fsp3) is 0.562. The number of ether oxygens (including phenoxy) is 3. The van der Waals surface area contributed by atoms with Gasteiger partial charge in [-0.1, -0.05) is 6.07 Å². The molecular weight excluding hydrogens is 254 g/mol. The third-order valence-corrected chi connectivity index (χ3v) is 4.13. The van der Waals surface area contributed by atoms with E-state index in [2.05, 4.69) is 6.07 Å². The van der Waals surface area contributed by atoms with Crippen LogP contribution in [0.5, 0.6) is 5.75 Å². The first-order valence-electron chi connectivity index (χ1n) is 7.10. The molecular formula is C16H19NO3. The number of aryl methyl sites for hydroxylation is 1. The van der Waals surface area contributed by atoms with Crippen molar-refractivity contribution >= 4 is 0 Å². The Morgan fingerprint density at radius 2 is 2.30 bits per heavy atom. The highest BCUT2D eigenvalue weighted by Gasteiger charge is 2.41. The predicted molar refractivity (Wildman–Crippen MR) is 73.7 cm³/mol. The second kappa shape index (κ2) is 5.43. The van der Waals surface area contributed by atoms with E-state index in [1.54, 1.807) is 0 Å².